The molecular weight excluding hydrogens is 355 g/mol. The fourth-order valence-corrected chi connectivity index (χ4v) is 3.93. The number of halogens is 3. The molecule has 21 heavy (non-hydrogen) atoms. The van der Waals surface area contributed by atoms with Crippen LogP contribution in [0.2, 0.25) is 0 Å². The van der Waals surface area contributed by atoms with Gasteiger partial charge in [-0.15, -0.1) is 0 Å². The third-order valence-corrected chi connectivity index (χ3v) is 5.06. The van der Waals surface area contributed by atoms with Crippen LogP contribution in [0.5, 0.6) is 0 Å². The quantitative estimate of drug-likeness (QED) is 0.336. The smallest absolute Gasteiger partial charge is 0.258 e. The van der Waals surface area contributed by atoms with Gasteiger partial charge in [-0.05, 0) is 30.9 Å². The Hall–Kier alpha value is -0.200. The molecule has 0 aromatic heterocycles. The second kappa shape index (κ2) is 7.38. The predicted octanol–water partition coefficient (Wildman–Crippen LogP) is 5.35. The molecule has 0 unspecified atom stereocenters. The number of nitrogens with zero attached hydrogens (tertiary/aromatic N) is 1. The normalized spacial score (nSPS) is 16.9. The molecule has 1 aliphatic carbocycles. The van der Waals surface area contributed by atoms with Gasteiger partial charge < -0.3 is 0 Å². The van der Waals surface area contributed by atoms with Crippen molar-refractivity contribution in [3.8, 4) is 0 Å². The van der Waals surface area contributed by atoms with Crippen LogP contribution in [0.25, 0.3) is 0 Å². The highest BCUT2D eigenvalue weighted by atomic mass is 35.6. The molecule has 1 saturated carbocycles. The molecule has 0 aliphatic heterocycles. The molecule has 0 saturated heterocycles. The zero-order chi connectivity index (χ0) is 15.5. The van der Waals surface area contributed by atoms with Crippen LogP contribution in [-0.2, 0) is 3.79 Å². The molecule has 8 heteroatoms. The zero-order valence-electron chi connectivity index (χ0n) is 11.2. The van der Waals surface area contributed by atoms with E-state index in [1.165, 1.54) is 43.3 Å². The van der Waals surface area contributed by atoms with Crippen molar-refractivity contribution in [2.24, 2.45) is 0 Å². The van der Waals surface area contributed by atoms with Gasteiger partial charge in [0, 0.05) is 28.6 Å². The summed E-state index contributed by atoms with van der Waals surface area (Å²) >= 11 is 19.2. The Kier molecular flexibility index (Phi) is 6.03. The second-order valence-electron chi connectivity index (χ2n) is 4.99. The standard InChI is InChI=1S/C13H15Cl3N2O2S/c14-13(15,16)11-8-10(18(19)20)6-7-12(11)21-17-9-4-2-1-3-5-9/h6-9,17H,1-5H2. The van der Waals surface area contributed by atoms with Gasteiger partial charge in [0.15, 0.2) is 0 Å². The van der Waals surface area contributed by atoms with Crippen molar-refractivity contribution in [3.05, 3.63) is 33.9 Å². The number of non-ortho nitro benzene ring substituents is 1. The van der Waals surface area contributed by atoms with Crippen LogP contribution in [0.3, 0.4) is 0 Å². The van der Waals surface area contributed by atoms with Crippen molar-refractivity contribution < 1.29 is 4.92 Å². The first-order chi connectivity index (χ1) is 9.88. The number of rotatable bonds is 4. The molecule has 1 N–H and O–H groups in total. The van der Waals surface area contributed by atoms with Crippen LogP contribution in [0.1, 0.15) is 37.7 Å². The largest absolute Gasteiger partial charge is 0.269 e. The van der Waals surface area contributed by atoms with Crippen molar-refractivity contribution in [2.75, 3.05) is 0 Å². The fourth-order valence-electron chi connectivity index (χ4n) is 2.31. The van der Waals surface area contributed by atoms with Gasteiger partial charge in [0.25, 0.3) is 5.69 Å². The van der Waals surface area contributed by atoms with Crippen molar-refractivity contribution >= 4 is 52.4 Å². The molecule has 0 atom stereocenters. The highest BCUT2D eigenvalue weighted by Crippen LogP contribution is 2.44. The molecule has 0 bridgehead atoms. The lowest BCUT2D eigenvalue weighted by atomic mass is 9.96. The van der Waals surface area contributed by atoms with Crippen LogP contribution < -0.4 is 4.72 Å². The van der Waals surface area contributed by atoms with E-state index in [0.717, 1.165) is 12.8 Å². The zero-order valence-corrected chi connectivity index (χ0v) is 14.2. The highest BCUT2D eigenvalue weighted by molar-refractivity contribution is 7.97. The molecule has 0 heterocycles. The minimum atomic E-state index is -1.69. The van der Waals surface area contributed by atoms with Gasteiger partial charge in [0.2, 0.25) is 3.79 Å². The Morgan fingerprint density at radius 1 is 1.24 bits per heavy atom. The Balaban J connectivity index is 2.15. The average Bonchev–Trinajstić information content (AvgIpc) is 2.45. The van der Waals surface area contributed by atoms with Crippen LogP contribution in [-0.4, -0.2) is 11.0 Å². The molecule has 1 aromatic carbocycles. The predicted molar refractivity (Wildman–Crippen MR) is 88.2 cm³/mol. The lowest BCUT2D eigenvalue weighted by molar-refractivity contribution is -0.385. The maximum absolute atomic E-state index is 10.9. The number of benzene rings is 1. The average molecular weight is 370 g/mol. The van der Waals surface area contributed by atoms with Gasteiger partial charge in [-0.25, -0.2) is 0 Å². The topological polar surface area (TPSA) is 55.2 Å². The molecule has 0 amide bonds. The summed E-state index contributed by atoms with van der Waals surface area (Å²) in [6, 6.07) is 4.79. The summed E-state index contributed by atoms with van der Waals surface area (Å²) in [5, 5.41) is 10.9. The Labute approximate surface area is 142 Å². The number of hydrogen-bond donors (Lipinski definition) is 1. The molecule has 4 nitrogen and oxygen atoms in total. The van der Waals surface area contributed by atoms with E-state index in [4.69, 9.17) is 34.8 Å². The molecule has 1 fully saturated rings. The van der Waals surface area contributed by atoms with Crippen LogP contribution in [0, 0.1) is 10.1 Å². The Morgan fingerprint density at radius 2 is 1.90 bits per heavy atom. The van der Waals surface area contributed by atoms with E-state index >= 15 is 0 Å². The maximum Gasteiger partial charge on any atom is 0.269 e. The van der Waals surface area contributed by atoms with E-state index in [0.29, 0.717) is 16.5 Å². The molecule has 0 spiro atoms. The number of hydrogen-bond acceptors (Lipinski definition) is 4. The van der Waals surface area contributed by atoms with E-state index in [1.54, 1.807) is 6.07 Å². The van der Waals surface area contributed by atoms with Gasteiger partial charge in [-0.2, -0.15) is 0 Å². The number of nitrogens with one attached hydrogen (secondary N) is 1. The lowest BCUT2D eigenvalue weighted by Crippen LogP contribution is -2.25. The van der Waals surface area contributed by atoms with E-state index in [9.17, 15) is 10.1 Å². The third kappa shape index (κ3) is 4.89. The van der Waals surface area contributed by atoms with Gasteiger partial charge >= 0.3 is 0 Å². The molecule has 1 aliphatic rings. The first kappa shape index (κ1) is 17.2. The van der Waals surface area contributed by atoms with Crippen molar-refractivity contribution in [2.45, 2.75) is 46.8 Å². The first-order valence-electron chi connectivity index (χ1n) is 6.66. The highest BCUT2D eigenvalue weighted by Gasteiger charge is 2.29. The summed E-state index contributed by atoms with van der Waals surface area (Å²) < 4.78 is 1.68. The molecule has 116 valence electrons. The van der Waals surface area contributed by atoms with E-state index in [1.807, 2.05) is 0 Å². The van der Waals surface area contributed by atoms with Gasteiger partial charge in [-0.1, -0.05) is 54.1 Å². The summed E-state index contributed by atoms with van der Waals surface area (Å²) in [4.78, 5) is 11.1. The summed E-state index contributed by atoms with van der Waals surface area (Å²) in [7, 11) is 0. The van der Waals surface area contributed by atoms with Crippen LogP contribution in [0.4, 0.5) is 5.69 Å². The summed E-state index contributed by atoms with van der Waals surface area (Å²) in [5.41, 5.74) is 0.244. The third-order valence-electron chi connectivity index (χ3n) is 3.42. The lowest BCUT2D eigenvalue weighted by Gasteiger charge is -2.23. The minimum Gasteiger partial charge on any atom is -0.258 e. The first-order valence-corrected chi connectivity index (χ1v) is 8.61. The van der Waals surface area contributed by atoms with E-state index < -0.39 is 8.72 Å². The van der Waals surface area contributed by atoms with Crippen molar-refractivity contribution in [1.82, 2.24) is 4.72 Å². The van der Waals surface area contributed by atoms with Crippen molar-refractivity contribution in [1.29, 1.82) is 0 Å². The summed E-state index contributed by atoms with van der Waals surface area (Å²) in [6.07, 6.45) is 5.97. The van der Waals surface area contributed by atoms with Crippen LogP contribution in [0.15, 0.2) is 23.1 Å². The summed E-state index contributed by atoms with van der Waals surface area (Å²) in [5.74, 6) is 0. The van der Waals surface area contributed by atoms with E-state index in [2.05, 4.69) is 4.72 Å². The Morgan fingerprint density at radius 3 is 2.48 bits per heavy atom. The molecule has 2 rings (SSSR count). The summed E-state index contributed by atoms with van der Waals surface area (Å²) in [6.45, 7) is 0. The number of nitro benzene ring substituents is 1. The van der Waals surface area contributed by atoms with Crippen LogP contribution >= 0.6 is 46.8 Å². The minimum absolute atomic E-state index is 0.0849. The van der Waals surface area contributed by atoms with E-state index in [-0.39, 0.29) is 5.69 Å². The SMILES string of the molecule is O=[N+]([O-])c1ccc(SNC2CCCCC2)c(C(Cl)(Cl)Cl)c1. The monoisotopic (exact) mass is 368 g/mol. The second-order valence-corrected chi connectivity index (χ2v) is 8.15. The van der Waals surface area contributed by atoms with Gasteiger partial charge in [0.1, 0.15) is 0 Å². The Bertz CT molecular complexity index is 517. The maximum atomic E-state index is 10.9. The number of nitro groups is 1. The van der Waals surface area contributed by atoms with Gasteiger partial charge in [0.05, 0.1) is 4.92 Å². The van der Waals surface area contributed by atoms with Crippen molar-refractivity contribution in [3.63, 3.8) is 0 Å². The number of alkyl halides is 3. The molecule has 1 aromatic rings. The molecule has 0 radical (unpaired) electrons. The molecular formula is C13H15Cl3N2O2S. The van der Waals surface area contributed by atoms with Gasteiger partial charge in [-0.3, -0.25) is 14.8 Å². The fraction of sp³-hybridized carbons (Fsp3) is 0.538.